The molecule has 0 aromatic carbocycles. The topological polar surface area (TPSA) is 77.2 Å². The number of pyridine rings is 1. The van der Waals surface area contributed by atoms with Gasteiger partial charge in [-0.15, -0.1) is 0 Å². The number of hydrogen-bond donors (Lipinski definition) is 1. The largest absolute Gasteiger partial charge is 0.465 e. The van der Waals surface area contributed by atoms with Gasteiger partial charge in [-0.1, -0.05) is 11.6 Å². The first kappa shape index (κ1) is 12.4. The minimum atomic E-state index is -0.342. The maximum Gasteiger partial charge on any atom is 0.263 e. The molecule has 0 radical (unpaired) electrons. The first-order valence-corrected chi connectivity index (χ1v) is 5.49. The molecule has 1 N–H and O–H groups in total. The van der Waals surface area contributed by atoms with E-state index in [0.717, 1.165) is 0 Å². The second kappa shape index (κ2) is 5.50. The quantitative estimate of drug-likeness (QED) is 0.917. The van der Waals surface area contributed by atoms with Crippen LogP contribution in [0.2, 0.25) is 5.02 Å². The number of anilines is 1. The van der Waals surface area contributed by atoms with Gasteiger partial charge in [-0.3, -0.25) is 4.79 Å². The van der Waals surface area contributed by atoms with Gasteiger partial charge in [0.05, 0.1) is 5.02 Å². The highest BCUT2D eigenvalue weighted by atomic mass is 35.5. The Morgan fingerprint density at radius 3 is 3.00 bits per heavy atom. The van der Waals surface area contributed by atoms with E-state index in [0.29, 0.717) is 16.6 Å². The molecule has 2 aromatic heterocycles. The molecule has 0 saturated carbocycles. The van der Waals surface area contributed by atoms with Gasteiger partial charge in [0.15, 0.2) is 6.61 Å². The second-order valence-electron chi connectivity index (χ2n) is 3.47. The predicted octanol–water partition coefficient (Wildman–Crippen LogP) is 2.05. The fourth-order valence-corrected chi connectivity index (χ4v) is 1.29. The smallest absolute Gasteiger partial charge is 0.263 e. The van der Waals surface area contributed by atoms with Crippen LogP contribution in [-0.2, 0) is 4.79 Å². The number of nitrogens with one attached hydrogen (secondary N) is 1. The lowest BCUT2D eigenvalue weighted by Crippen LogP contribution is -2.20. The van der Waals surface area contributed by atoms with Crippen molar-refractivity contribution in [3.63, 3.8) is 0 Å². The van der Waals surface area contributed by atoms with E-state index < -0.39 is 0 Å². The summed E-state index contributed by atoms with van der Waals surface area (Å²) in [6.45, 7) is 1.56. The number of aromatic nitrogens is 2. The Morgan fingerprint density at radius 1 is 1.56 bits per heavy atom. The molecule has 0 fully saturated rings. The van der Waals surface area contributed by atoms with E-state index in [9.17, 15) is 4.79 Å². The molecule has 0 spiro atoms. The van der Waals surface area contributed by atoms with Crippen molar-refractivity contribution in [1.29, 1.82) is 0 Å². The summed E-state index contributed by atoms with van der Waals surface area (Å²) in [6.07, 6.45) is 1.44. The van der Waals surface area contributed by atoms with Crippen LogP contribution in [0.3, 0.4) is 0 Å². The summed E-state index contributed by atoms with van der Waals surface area (Å²) < 4.78 is 9.91. The lowest BCUT2D eigenvalue weighted by Gasteiger charge is -2.04. The molecule has 0 aliphatic rings. The van der Waals surface area contributed by atoms with Gasteiger partial charge < -0.3 is 14.6 Å². The Hall–Kier alpha value is -2.08. The summed E-state index contributed by atoms with van der Waals surface area (Å²) in [5.41, 5.74) is 0. The van der Waals surface area contributed by atoms with E-state index in [2.05, 4.69) is 15.5 Å². The molecule has 0 aliphatic heterocycles. The zero-order valence-electron chi connectivity index (χ0n) is 9.51. The van der Waals surface area contributed by atoms with E-state index in [4.69, 9.17) is 20.9 Å². The van der Waals surface area contributed by atoms with Crippen molar-refractivity contribution in [2.45, 2.75) is 6.92 Å². The van der Waals surface area contributed by atoms with Crippen LogP contribution in [0.1, 0.15) is 5.76 Å². The zero-order valence-corrected chi connectivity index (χ0v) is 10.3. The molecule has 1 amide bonds. The van der Waals surface area contributed by atoms with Crippen molar-refractivity contribution < 1.29 is 14.1 Å². The van der Waals surface area contributed by atoms with Crippen molar-refractivity contribution in [2.75, 3.05) is 11.9 Å². The van der Waals surface area contributed by atoms with Gasteiger partial charge in [-0.25, -0.2) is 4.98 Å². The molecule has 94 valence electrons. The molecule has 7 heteroatoms. The number of ether oxygens (including phenoxy) is 1. The van der Waals surface area contributed by atoms with Crippen molar-refractivity contribution in [1.82, 2.24) is 10.1 Å². The summed E-state index contributed by atoms with van der Waals surface area (Å²) in [4.78, 5) is 15.4. The molecule has 0 saturated heterocycles. The maximum absolute atomic E-state index is 11.5. The first-order chi connectivity index (χ1) is 8.63. The van der Waals surface area contributed by atoms with Crippen LogP contribution in [0, 0.1) is 6.92 Å². The van der Waals surface area contributed by atoms with E-state index >= 15 is 0 Å². The molecular weight excluding hydrogens is 258 g/mol. The number of nitrogens with zero attached hydrogens (tertiary/aromatic N) is 2. The predicted molar refractivity (Wildman–Crippen MR) is 64.6 cm³/mol. The van der Waals surface area contributed by atoms with Crippen LogP contribution >= 0.6 is 11.6 Å². The third kappa shape index (κ3) is 3.46. The van der Waals surface area contributed by atoms with Crippen LogP contribution in [-0.4, -0.2) is 22.7 Å². The molecule has 0 bridgehead atoms. The summed E-state index contributed by atoms with van der Waals surface area (Å²) in [5.74, 6) is 0.950. The first-order valence-electron chi connectivity index (χ1n) is 5.11. The van der Waals surface area contributed by atoms with E-state index in [-0.39, 0.29) is 18.4 Å². The lowest BCUT2D eigenvalue weighted by atomic mass is 10.4. The highest BCUT2D eigenvalue weighted by molar-refractivity contribution is 6.30. The fraction of sp³-hybridized carbons (Fsp3) is 0.182. The number of rotatable bonds is 4. The zero-order chi connectivity index (χ0) is 13.0. The highest BCUT2D eigenvalue weighted by Gasteiger charge is 2.07. The fourth-order valence-electron chi connectivity index (χ4n) is 1.18. The molecule has 0 atom stereocenters. The van der Waals surface area contributed by atoms with Crippen LogP contribution in [0.5, 0.6) is 5.88 Å². The Bertz CT molecular complexity index is 539. The van der Waals surface area contributed by atoms with Gasteiger partial charge in [0.25, 0.3) is 11.8 Å². The second-order valence-corrected chi connectivity index (χ2v) is 3.91. The van der Waals surface area contributed by atoms with Crippen molar-refractivity contribution in [3.05, 3.63) is 35.2 Å². The maximum atomic E-state index is 11.5. The third-order valence-electron chi connectivity index (χ3n) is 1.95. The number of aryl methyl sites for hydroxylation is 1. The standard InChI is InChI=1S/C11H10ClN3O3/c1-7-4-11(15-18-7)17-6-10(16)14-9-3-2-8(12)5-13-9/h2-5H,6H2,1H3,(H,13,14,16). The summed E-state index contributed by atoms with van der Waals surface area (Å²) in [5, 5.41) is 6.65. The summed E-state index contributed by atoms with van der Waals surface area (Å²) in [7, 11) is 0. The molecule has 18 heavy (non-hydrogen) atoms. The number of carbonyl (C=O) groups is 1. The molecule has 2 rings (SSSR count). The minimum absolute atomic E-state index is 0.170. The normalized spacial score (nSPS) is 10.1. The van der Waals surface area contributed by atoms with Crippen molar-refractivity contribution in [3.8, 4) is 5.88 Å². The molecule has 6 nitrogen and oxygen atoms in total. The Morgan fingerprint density at radius 2 is 2.39 bits per heavy atom. The van der Waals surface area contributed by atoms with Crippen LogP contribution in [0.4, 0.5) is 5.82 Å². The van der Waals surface area contributed by atoms with Gasteiger partial charge in [-0.2, -0.15) is 0 Å². The van der Waals surface area contributed by atoms with Crippen LogP contribution in [0.15, 0.2) is 28.9 Å². The molecule has 0 unspecified atom stereocenters. The summed E-state index contributed by atoms with van der Waals surface area (Å²) in [6, 6.07) is 4.82. The van der Waals surface area contributed by atoms with Crippen LogP contribution in [0.25, 0.3) is 0 Å². The molecule has 2 heterocycles. The summed E-state index contributed by atoms with van der Waals surface area (Å²) >= 11 is 5.67. The Kier molecular flexibility index (Phi) is 3.78. The average Bonchev–Trinajstić information content (AvgIpc) is 2.76. The van der Waals surface area contributed by atoms with E-state index in [1.54, 1.807) is 25.1 Å². The van der Waals surface area contributed by atoms with Crippen molar-refractivity contribution >= 4 is 23.3 Å². The Labute approximate surface area is 108 Å². The third-order valence-corrected chi connectivity index (χ3v) is 2.18. The SMILES string of the molecule is Cc1cc(OCC(=O)Nc2ccc(Cl)cn2)no1. The Balaban J connectivity index is 1.83. The number of halogens is 1. The highest BCUT2D eigenvalue weighted by Crippen LogP contribution is 2.11. The number of hydrogen-bond acceptors (Lipinski definition) is 5. The monoisotopic (exact) mass is 267 g/mol. The van der Waals surface area contributed by atoms with Gasteiger partial charge in [0.2, 0.25) is 0 Å². The average molecular weight is 268 g/mol. The van der Waals surface area contributed by atoms with E-state index in [1.807, 2.05) is 0 Å². The lowest BCUT2D eigenvalue weighted by molar-refractivity contribution is -0.118. The molecular formula is C11H10ClN3O3. The van der Waals surface area contributed by atoms with Gasteiger partial charge in [0, 0.05) is 12.3 Å². The van der Waals surface area contributed by atoms with E-state index in [1.165, 1.54) is 6.20 Å². The van der Waals surface area contributed by atoms with Gasteiger partial charge in [-0.05, 0) is 24.2 Å². The molecule has 2 aromatic rings. The molecule has 0 aliphatic carbocycles. The minimum Gasteiger partial charge on any atom is -0.465 e. The number of carbonyl (C=O) groups excluding carboxylic acids is 1. The van der Waals surface area contributed by atoms with Gasteiger partial charge >= 0.3 is 0 Å². The van der Waals surface area contributed by atoms with Gasteiger partial charge in [0.1, 0.15) is 11.6 Å². The number of amides is 1. The van der Waals surface area contributed by atoms with Crippen LogP contribution < -0.4 is 10.1 Å². The van der Waals surface area contributed by atoms with Crippen molar-refractivity contribution in [2.24, 2.45) is 0 Å².